The van der Waals surface area contributed by atoms with Gasteiger partial charge in [0.2, 0.25) is 16.3 Å². The van der Waals surface area contributed by atoms with Crippen molar-refractivity contribution in [1.82, 2.24) is 18.6 Å². The molecule has 48 heavy (non-hydrogen) atoms. The highest BCUT2D eigenvalue weighted by Crippen LogP contribution is 2.33. The first-order chi connectivity index (χ1) is 23.0. The van der Waals surface area contributed by atoms with Crippen LogP contribution in [-0.4, -0.2) is 112 Å². The fraction of sp³-hybridized carbons (Fsp3) is 0.455. The molecule has 0 aliphatic carbocycles. The van der Waals surface area contributed by atoms with Gasteiger partial charge in [0, 0.05) is 65.0 Å². The second-order valence-corrected chi connectivity index (χ2v) is 13.1. The molecule has 2 atom stereocenters. The number of hydrogen-bond donors (Lipinski definition) is 1. The third-order valence-electron chi connectivity index (χ3n) is 8.22. The van der Waals surface area contributed by atoms with Crippen molar-refractivity contribution in [2.45, 2.75) is 36.7 Å². The van der Waals surface area contributed by atoms with Crippen molar-refractivity contribution >= 4 is 15.9 Å². The number of amides is 1. The molecule has 2 heterocycles. The molecule has 0 saturated heterocycles. The number of sulfonamides is 1. The number of carbonyl (C=O) groups is 1. The summed E-state index contributed by atoms with van der Waals surface area (Å²) in [7, 11) is 3.80. The van der Waals surface area contributed by atoms with Crippen molar-refractivity contribution in [3.8, 4) is 11.4 Å². The number of para-hydroxylation sites is 1. The Labute approximate surface area is 280 Å². The van der Waals surface area contributed by atoms with Crippen LogP contribution in [0.1, 0.15) is 23.6 Å². The molecule has 1 aliphatic rings. The van der Waals surface area contributed by atoms with Crippen LogP contribution < -0.4 is 10.3 Å². The molecule has 0 fully saturated rings. The van der Waals surface area contributed by atoms with E-state index >= 15 is 0 Å². The van der Waals surface area contributed by atoms with Gasteiger partial charge in [-0.05, 0) is 49.4 Å². The zero-order valence-corrected chi connectivity index (χ0v) is 28.9. The molecule has 0 saturated carbocycles. The molecule has 3 aromatic rings. The Morgan fingerprint density at radius 2 is 1.73 bits per heavy atom. The highest BCUT2D eigenvalue weighted by molar-refractivity contribution is 7.89. The molecule has 262 valence electrons. The van der Waals surface area contributed by atoms with Gasteiger partial charge in [0.1, 0.15) is 5.75 Å². The molecular weight excluding hydrogens is 644 g/mol. The molecule has 15 heteroatoms. The van der Waals surface area contributed by atoms with Crippen molar-refractivity contribution < 1.29 is 42.0 Å². The Morgan fingerprint density at radius 3 is 2.33 bits per heavy atom. The average Bonchev–Trinajstić information content (AvgIpc) is 3.32. The van der Waals surface area contributed by atoms with E-state index in [1.54, 1.807) is 29.5 Å². The summed E-state index contributed by atoms with van der Waals surface area (Å²) in [5.74, 6) is -0.579. The molecule has 2 aromatic carbocycles. The highest BCUT2D eigenvalue weighted by Gasteiger charge is 2.35. The maximum Gasteiger partial charge on any atom is 0.288 e. The summed E-state index contributed by atoms with van der Waals surface area (Å²) in [6.07, 6.45) is 0.125. The molecule has 0 spiro atoms. The molecular formula is C33H44N4O10S. The fourth-order valence-electron chi connectivity index (χ4n) is 5.51. The van der Waals surface area contributed by atoms with Gasteiger partial charge in [0.05, 0.1) is 37.5 Å². The fourth-order valence-corrected chi connectivity index (χ4v) is 6.93. The van der Waals surface area contributed by atoms with Crippen LogP contribution in [0.3, 0.4) is 0 Å². The number of benzene rings is 2. The predicted molar refractivity (Wildman–Crippen MR) is 176 cm³/mol. The highest BCUT2D eigenvalue weighted by atomic mass is 32.2. The lowest BCUT2D eigenvalue weighted by Gasteiger charge is -2.31. The van der Waals surface area contributed by atoms with Gasteiger partial charge in [-0.15, -0.1) is 0 Å². The minimum Gasteiger partial charge on any atom is -0.497 e. The van der Waals surface area contributed by atoms with Crippen molar-refractivity contribution in [3.05, 3.63) is 88.0 Å². The zero-order valence-electron chi connectivity index (χ0n) is 28.1. The molecule has 14 nitrogen and oxygen atoms in total. The standard InChI is InChI=1S/C33H44N4O10S/c1-23-31(33(40)37(35(23)3)25-10-8-7-9-11-25)24-20-28(32(39)34(2)22-30(44-5)45-6)47-29(21-24)46-19-17-36(16-18-38)48(41,42)27-14-12-26(43-4)13-15-27/h7-15,20,24,29-30,38H,16-19,21-22H2,1-6H3/t24-,29+/m1/s1. The normalized spacial score (nSPS) is 16.6. The number of likely N-dealkylation sites (N-methyl/N-ethyl adjacent to an activating group) is 1. The van der Waals surface area contributed by atoms with Gasteiger partial charge in [-0.25, -0.2) is 13.1 Å². The number of hydrogen-bond acceptors (Lipinski definition) is 10. The van der Waals surface area contributed by atoms with Crippen LogP contribution in [0.25, 0.3) is 5.69 Å². The van der Waals surface area contributed by atoms with Crippen LogP contribution in [-0.2, 0) is 40.8 Å². The largest absolute Gasteiger partial charge is 0.497 e. The lowest BCUT2D eigenvalue weighted by Crippen LogP contribution is -2.40. The molecule has 1 aromatic heterocycles. The van der Waals surface area contributed by atoms with Crippen LogP contribution in [0.4, 0.5) is 0 Å². The Balaban J connectivity index is 1.61. The van der Waals surface area contributed by atoms with Gasteiger partial charge in [-0.3, -0.25) is 14.3 Å². The number of carbonyl (C=O) groups excluding carboxylic acids is 1. The van der Waals surface area contributed by atoms with Crippen molar-refractivity contribution in [2.75, 3.05) is 61.2 Å². The molecule has 1 aliphatic heterocycles. The van der Waals surface area contributed by atoms with Crippen LogP contribution in [0.15, 0.2) is 76.1 Å². The third-order valence-corrected chi connectivity index (χ3v) is 10.1. The second kappa shape index (κ2) is 16.4. The number of aliphatic hydroxyl groups is 1. The first-order valence-electron chi connectivity index (χ1n) is 15.4. The van der Waals surface area contributed by atoms with Gasteiger partial charge in [0.15, 0.2) is 12.0 Å². The summed E-state index contributed by atoms with van der Waals surface area (Å²) in [6.45, 7) is 1.13. The Bertz CT molecular complexity index is 1720. The van der Waals surface area contributed by atoms with Gasteiger partial charge in [-0.2, -0.15) is 4.31 Å². The third kappa shape index (κ3) is 8.17. The summed E-state index contributed by atoms with van der Waals surface area (Å²) < 4.78 is 58.9. The minimum atomic E-state index is -3.98. The topological polar surface area (TPSA) is 151 Å². The number of aliphatic hydroxyl groups excluding tert-OH is 1. The van der Waals surface area contributed by atoms with Gasteiger partial charge in [-0.1, -0.05) is 18.2 Å². The van der Waals surface area contributed by atoms with E-state index in [0.29, 0.717) is 22.7 Å². The van der Waals surface area contributed by atoms with Crippen molar-refractivity contribution in [1.29, 1.82) is 0 Å². The summed E-state index contributed by atoms with van der Waals surface area (Å²) in [5.41, 5.74) is 1.61. The number of nitrogens with zero attached hydrogens (tertiary/aromatic N) is 4. The lowest BCUT2D eigenvalue weighted by atomic mass is 9.93. The smallest absolute Gasteiger partial charge is 0.288 e. The monoisotopic (exact) mass is 688 g/mol. The molecule has 4 rings (SSSR count). The molecule has 1 amide bonds. The summed E-state index contributed by atoms with van der Waals surface area (Å²) in [4.78, 5) is 28.9. The van der Waals surface area contributed by atoms with Crippen molar-refractivity contribution in [2.24, 2.45) is 7.05 Å². The Hall–Kier alpha value is -3.99. The van der Waals surface area contributed by atoms with Crippen molar-refractivity contribution in [3.63, 3.8) is 0 Å². The Morgan fingerprint density at radius 1 is 1.06 bits per heavy atom. The maximum atomic E-state index is 13.9. The van der Waals surface area contributed by atoms with Crippen LogP contribution in [0, 0.1) is 6.92 Å². The first-order valence-corrected chi connectivity index (χ1v) is 16.8. The zero-order chi connectivity index (χ0) is 35.0. The van der Waals surface area contributed by atoms with Crippen LogP contribution in [0.2, 0.25) is 0 Å². The average molecular weight is 689 g/mol. The number of rotatable bonds is 16. The molecule has 1 N–H and O–H groups in total. The van der Waals surface area contributed by atoms with E-state index in [-0.39, 0.29) is 48.9 Å². The summed E-state index contributed by atoms with van der Waals surface area (Å²) >= 11 is 0. The summed E-state index contributed by atoms with van der Waals surface area (Å²) in [5, 5.41) is 9.65. The number of allylic oxidation sites excluding steroid dienone is 1. The van der Waals surface area contributed by atoms with E-state index in [1.807, 2.05) is 37.3 Å². The van der Waals surface area contributed by atoms with E-state index < -0.39 is 41.0 Å². The predicted octanol–water partition coefficient (Wildman–Crippen LogP) is 1.98. The first kappa shape index (κ1) is 36.8. The van der Waals surface area contributed by atoms with E-state index in [4.69, 9.17) is 23.7 Å². The van der Waals surface area contributed by atoms with Crippen LogP contribution in [0.5, 0.6) is 5.75 Å². The minimum absolute atomic E-state index is 0.0308. The quantitative estimate of drug-likeness (QED) is 0.221. The number of aromatic nitrogens is 2. The lowest BCUT2D eigenvalue weighted by molar-refractivity contribution is -0.158. The molecule has 0 bridgehead atoms. The van der Waals surface area contributed by atoms with E-state index in [2.05, 4.69) is 0 Å². The van der Waals surface area contributed by atoms with E-state index in [9.17, 15) is 23.1 Å². The number of methoxy groups -OCH3 is 3. The van der Waals surface area contributed by atoms with Gasteiger partial charge in [0.25, 0.3) is 11.5 Å². The van der Waals surface area contributed by atoms with E-state index in [1.165, 1.54) is 50.5 Å². The maximum absolute atomic E-state index is 13.9. The van der Waals surface area contributed by atoms with Gasteiger partial charge >= 0.3 is 0 Å². The van der Waals surface area contributed by atoms with E-state index in [0.717, 1.165) is 4.31 Å². The number of ether oxygens (including phenoxy) is 5. The molecule has 0 unspecified atom stereocenters. The summed E-state index contributed by atoms with van der Waals surface area (Å²) in [6, 6.07) is 15.2. The second-order valence-electron chi connectivity index (χ2n) is 11.2. The Kier molecular flexibility index (Phi) is 12.6. The van der Waals surface area contributed by atoms with Crippen LogP contribution >= 0.6 is 0 Å². The molecule has 0 radical (unpaired) electrons. The van der Waals surface area contributed by atoms with Gasteiger partial charge < -0.3 is 33.7 Å². The SMILES string of the molecule is COc1ccc(S(=O)(=O)N(CCO)CCO[C@@H]2C[C@H](c3c(C)n(C)n(-c4ccccc4)c3=O)C=C(C(=O)N(C)CC(OC)OC)O2)cc1.